The second-order valence-corrected chi connectivity index (χ2v) is 3.95. The Labute approximate surface area is 104 Å². The van der Waals surface area contributed by atoms with E-state index in [1.165, 1.54) is 6.33 Å². The smallest absolute Gasteiger partial charge is 0.143 e. The van der Waals surface area contributed by atoms with Gasteiger partial charge in [0.2, 0.25) is 0 Å². The number of benzene rings is 1. The number of nitrogens with one attached hydrogen (secondary N) is 2. The maximum absolute atomic E-state index is 9.11. The van der Waals surface area contributed by atoms with E-state index in [-0.39, 0.29) is 6.61 Å². The summed E-state index contributed by atoms with van der Waals surface area (Å²) in [7, 11) is 0. The van der Waals surface area contributed by atoms with Crippen molar-refractivity contribution in [2.24, 2.45) is 0 Å². The maximum atomic E-state index is 9.11. The lowest BCUT2D eigenvalue weighted by Crippen LogP contribution is -1.96. The van der Waals surface area contributed by atoms with Gasteiger partial charge in [-0.25, -0.2) is 9.97 Å². The van der Waals surface area contributed by atoms with Crippen LogP contribution in [0.2, 0.25) is 0 Å². The second-order valence-electron chi connectivity index (χ2n) is 3.95. The molecule has 2 aromatic heterocycles. The normalized spacial score (nSPS) is 10.7. The summed E-state index contributed by atoms with van der Waals surface area (Å²) in [5, 5.41) is 13.3. The van der Waals surface area contributed by atoms with Gasteiger partial charge in [0.1, 0.15) is 17.8 Å². The van der Waals surface area contributed by atoms with E-state index in [2.05, 4.69) is 20.3 Å². The average molecular weight is 240 g/mol. The van der Waals surface area contributed by atoms with Gasteiger partial charge >= 0.3 is 0 Å². The van der Waals surface area contributed by atoms with Crippen molar-refractivity contribution in [2.45, 2.75) is 6.61 Å². The standard InChI is InChI=1S/C13H12N4O/c18-7-9-2-1-3-10(6-9)17-13-11-4-5-14-12(11)15-8-16-13/h1-6,8,18H,7H2,(H2,14,15,16,17). The van der Waals surface area contributed by atoms with Crippen LogP contribution in [0.25, 0.3) is 11.0 Å². The monoisotopic (exact) mass is 240 g/mol. The van der Waals surface area contributed by atoms with E-state index >= 15 is 0 Å². The highest BCUT2D eigenvalue weighted by Gasteiger charge is 2.04. The highest BCUT2D eigenvalue weighted by molar-refractivity contribution is 5.88. The van der Waals surface area contributed by atoms with Crippen LogP contribution in [0, 0.1) is 0 Å². The van der Waals surface area contributed by atoms with E-state index in [1.807, 2.05) is 36.5 Å². The van der Waals surface area contributed by atoms with Crippen LogP contribution in [0.1, 0.15) is 5.56 Å². The molecule has 3 N–H and O–H groups in total. The summed E-state index contributed by atoms with van der Waals surface area (Å²) in [6.45, 7) is 0.0266. The Kier molecular flexibility index (Phi) is 2.66. The SMILES string of the molecule is OCc1cccc(Nc2ncnc3[nH]ccc23)c1. The molecule has 0 saturated carbocycles. The molecule has 3 aromatic rings. The molecule has 0 radical (unpaired) electrons. The number of nitrogens with zero attached hydrogens (tertiary/aromatic N) is 2. The number of hydrogen-bond acceptors (Lipinski definition) is 4. The number of aromatic amines is 1. The number of anilines is 2. The molecule has 0 aliphatic rings. The molecule has 1 aromatic carbocycles. The van der Waals surface area contributed by atoms with Crippen LogP contribution in [-0.2, 0) is 6.61 Å². The third-order valence-corrected chi connectivity index (χ3v) is 2.73. The molecule has 0 aliphatic heterocycles. The van der Waals surface area contributed by atoms with Crippen molar-refractivity contribution in [1.82, 2.24) is 15.0 Å². The van der Waals surface area contributed by atoms with E-state index in [0.29, 0.717) is 0 Å². The summed E-state index contributed by atoms with van der Waals surface area (Å²) in [5.41, 5.74) is 2.55. The lowest BCUT2D eigenvalue weighted by Gasteiger charge is -2.07. The topological polar surface area (TPSA) is 73.8 Å². The van der Waals surface area contributed by atoms with Crippen LogP contribution >= 0.6 is 0 Å². The molecule has 0 aliphatic carbocycles. The van der Waals surface area contributed by atoms with Crippen molar-refractivity contribution in [1.29, 1.82) is 0 Å². The zero-order valence-electron chi connectivity index (χ0n) is 9.59. The molecule has 0 saturated heterocycles. The number of aliphatic hydroxyl groups excluding tert-OH is 1. The van der Waals surface area contributed by atoms with Crippen molar-refractivity contribution >= 4 is 22.5 Å². The van der Waals surface area contributed by atoms with Crippen molar-refractivity contribution in [3.8, 4) is 0 Å². The van der Waals surface area contributed by atoms with Gasteiger partial charge in [-0.05, 0) is 23.8 Å². The van der Waals surface area contributed by atoms with E-state index in [1.54, 1.807) is 0 Å². The van der Waals surface area contributed by atoms with E-state index < -0.39 is 0 Å². The number of fused-ring (bicyclic) bond motifs is 1. The van der Waals surface area contributed by atoms with Gasteiger partial charge in [-0.15, -0.1) is 0 Å². The molecule has 0 amide bonds. The minimum absolute atomic E-state index is 0.0266. The molecule has 90 valence electrons. The Hall–Kier alpha value is -2.40. The summed E-state index contributed by atoms with van der Waals surface area (Å²) in [5.74, 6) is 0.747. The molecular weight excluding hydrogens is 228 g/mol. The quantitative estimate of drug-likeness (QED) is 0.656. The van der Waals surface area contributed by atoms with Crippen molar-refractivity contribution in [3.05, 3.63) is 48.4 Å². The third-order valence-electron chi connectivity index (χ3n) is 2.73. The fourth-order valence-electron chi connectivity index (χ4n) is 1.86. The largest absolute Gasteiger partial charge is 0.392 e. The molecule has 0 atom stereocenters. The van der Waals surface area contributed by atoms with Crippen molar-refractivity contribution in [3.63, 3.8) is 0 Å². The van der Waals surface area contributed by atoms with Gasteiger partial charge < -0.3 is 15.4 Å². The van der Waals surface area contributed by atoms with Gasteiger partial charge in [0, 0.05) is 11.9 Å². The van der Waals surface area contributed by atoms with Crippen LogP contribution in [0.4, 0.5) is 11.5 Å². The van der Waals surface area contributed by atoms with Gasteiger partial charge in [-0.3, -0.25) is 0 Å². The Morgan fingerprint density at radius 1 is 1.22 bits per heavy atom. The first kappa shape index (κ1) is 10.7. The Bertz CT molecular complexity index is 677. The first-order valence-electron chi connectivity index (χ1n) is 5.62. The second kappa shape index (κ2) is 4.46. The molecule has 0 fully saturated rings. The maximum Gasteiger partial charge on any atom is 0.143 e. The summed E-state index contributed by atoms with van der Waals surface area (Å²) in [6.07, 6.45) is 3.34. The number of aromatic nitrogens is 3. The van der Waals surface area contributed by atoms with Gasteiger partial charge in [0.05, 0.1) is 12.0 Å². The molecule has 2 heterocycles. The highest BCUT2D eigenvalue weighted by Crippen LogP contribution is 2.22. The van der Waals surface area contributed by atoms with Crippen LogP contribution in [0.15, 0.2) is 42.9 Å². The molecule has 0 spiro atoms. The van der Waals surface area contributed by atoms with E-state index in [0.717, 1.165) is 28.1 Å². The van der Waals surface area contributed by atoms with Crippen LogP contribution in [-0.4, -0.2) is 20.1 Å². The fraction of sp³-hybridized carbons (Fsp3) is 0.0769. The summed E-state index contributed by atoms with van der Waals surface area (Å²) >= 11 is 0. The third kappa shape index (κ3) is 1.91. The molecule has 0 unspecified atom stereocenters. The predicted octanol–water partition coefficient (Wildman–Crippen LogP) is 2.19. The van der Waals surface area contributed by atoms with Crippen molar-refractivity contribution in [2.75, 3.05) is 5.32 Å². The van der Waals surface area contributed by atoms with Gasteiger partial charge in [-0.1, -0.05) is 12.1 Å². The summed E-state index contributed by atoms with van der Waals surface area (Å²) in [4.78, 5) is 11.4. The Morgan fingerprint density at radius 3 is 3.06 bits per heavy atom. The Balaban J connectivity index is 1.98. The summed E-state index contributed by atoms with van der Waals surface area (Å²) in [6, 6.07) is 9.51. The fourth-order valence-corrected chi connectivity index (χ4v) is 1.86. The summed E-state index contributed by atoms with van der Waals surface area (Å²) < 4.78 is 0. The molecule has 18 heavy (non-hydrogen) atoms. The number of aliphatic hydroxyl groups is 1. The number of hydrogen-bond donors (Lipinski definition) is 3. The van der Waals surface area contributed by atoms with E-state index in [4.69, 9.17) is 5.11 Å². The zero-order chi connectivity index (χ0) is 12.4. The molecule has 5 nitrogen and oxygen atoms in total. The highest BCUT2D eigenvalue weighted by atomic mass is 16.3. The zero-order valence-corrected chi connectivity index (χ0v) is 9.59. The van der Waals surface area contributed by atoms with E-state index in [9.17, 15) is 0 Å². The average Bonchev–Trinajstić information content (AvgIpc) is 2.88. The van der Waals surface area contributed by atoms with Gasteiger partial charge in [0.25, 0.3) is 0 Å². The van der Waals surface area contributed by atoms with Crippen LogP contribution in [0.3, 0.4) is 0 Å². The number of rotatable bonds is 3. The van der Waals surface area contributed by atoms with Gasteiger partial charge in [0.15, 0.2) is 0 Å². The lowest BCUT2D eigenvalue weighted by molar-refractivity contribution is 0.282. The first-order chi connectivity index (χ1) is 8.86. The lowest BCUT2D eigenvalue weighted by atomic mass is 10.2. The molecule has 0 bridgehead atoms. The van der Waals surface area contributed by atoms with Crippen LogP contribution < -0.4 is 5.32 Å². The van der Waals surface area contributed by atoms with Crippen molar-refractivity contribution < 1.29 is 5.11 Å². The number of H-pyrrole nitrogens is 1. The van der Waals surface area contributed by atoms with Gasteiger partial charge in [-0.2, -0.15) is 0 Å². The minimum Gasteiger partial charge on any atom is -0.392 e. The Morgan fingerprint density at radius 2 is 2.17 bits per heavy atom. The first-order valence-corrected chi connectivity index (χ1v) is 5.62. The molecule has 3 rings (SSSR count). The minimum atomic E-state index is 0.0266. The molecular formula is C13H12N4O. The predicted molar refractivity (Wildman–Crippen MR) is 69.5 cm³/mol. The molecule has 5 heteroatoms. The van der Waals surface area contributed by atoms with Crippen LogP contribution in [0.5, 0.6) is 0 Å².